The summed E-state index contributed by atoms with van der Waals surface area (Å²) < 4.78 is 0. The van der Waals surface area contributed by atoms with E-state index in [2.05, 4.69) is 10.3 Å². The molecule has 2 heterocycles. The first-order valence-corrected chi connectivity index (χ1v) is 9.23. The van der Waals surface area contributed by atoms with Crippen LogP contribution in [-0.2, 0) is 16.1 Å². The minimum absolute atomic E-state index is 0.00946. The van der Waals surface area contributed by atoms with Crippen molar-refractivity contribution in [2.24, 2.45) is 11.8 Å². The lowest BCUT2D eigenvalue weighted by atomic mass is 9.84. The number of hydrogen-bond donors (Lipinski definition) is 1. The average molecular weight is 327 g/mol. The van der Waals surface area contributed by atoms with Gasteiger partial charge in [-0.3, -0.25) is 14.6 Å². The van der Waals surface area contributed by atoms with Gasteiger partial charge in [0, 0.05) is 30.9 Å². The molecule has 1 aliphatic heterocycles. The van der Waals surface area contributed by atoms with E-state index in [4.69, 9.17) is 0 Å². The molecule has 128 valence electrons. The second kappa shape index (κ2) is 6.54. The minimum Gasteiger partial charge on any atom is -0.350 e. The number of likely N-dealkylation sites (tertiary alicyclic amines) is 1. The highest BCUT2D eigenvalue weighted by atomic mass is 16.2. The fraction of sp³-hybridized carbons (Fsp3) is 0.632. The second-order valence-electron chi connectivity index (χ2n) is 7.46. The van der Waals surface area contributed by atoms with Gasteiger partial charge in [0.25, 0.3) is 0 Å². The van der Waals surface area contributed by atoms with Gasteiger partial charge in [-0.2, -0.15) is 0 Å². The van der Waals surface area contributed by atoms with Crippen molar-refractivity contribution in [2.45, 2.75) is 63.6 Å². The summed E-state index contributed by atoms with van der Waals surface area (Å²) >= 11 is 0. The number of fused-ring (bicyclic) bond motifs is 1. The van der Waals surface area contributed by atoms with Crippen LogP contribution in [0.15, 0.2) is 24.5 Å². The summed E-state index contributed by atoms with van der Waals surface area (Å²) in [6.07, 6.45) is 10.9. The highest BCUT2D eigenvalue weighted by molar-refractivity contribution is 5.90. The number of hydrogen-bond acceptors (Lipinski definition) is 3. The Morgan fingerprint density at radius 3 is 2.62 bits per heavy atom. The van der Waals surface area contributed by atoms with Crippen LogP contribution in [0.5, 0.6) is 0 Å². The SMILES string of the molecule is O=C(NCc1ccncc1)[C@@H]1C[C@H]2CCCC[C@H]2N1C(=O)C1CC1. The maximum Gasteiger partial charge on any atom is 0.243 e. The molecule has 1 N–H and O–H groups in total. The zero-order valence-electron chi connectivity index (χ0n) is 14.0. The van der Waals surface area contributed by atoms with Crippen LogP contribution in [0, 0.1) is 11.8 Å². The summed E-state index contributed by atoms with van der Waals surface area (Å²) in [4.78, 5) is 31.6. The van der Waals surface area contributed by atoms with Gasteiger partial charge in [0.1, 0.15) is 6.04 Å². The van der Waals surface area contributed by atoms with E-state index in [1.807, 2.05) is 17.0 Å². The number of carbonyl (C=O) groups is 2. The molecule has 3 fully saturated rings. The molecule has 5 heteroatoms. The van der Waals surface area contributed by atoms with E-state index in [1.54, 1.807) is 12.4 Å². The van der Waals surface area contributed by atoms with Crippen molar-refractivity contribution in [3.8, 4) is 0 Å². The number of nitrogens with zero attached hydrogens (tertiary/aromatic N) is 2. The molecule has 1 aromatic heterocycles. The number of aromatic nitrogens is 1. The van der Waals surface area contributed by atoms with Crippen molar-refractivity contribution in [2.75, 3.05) is 0 Å². The van der Waals surface area contributed by atoms with Crippen LogP contribution >= 0.6 is 0 Å². The fourth-order valence-electron chi connectivity index (χ4n) is 4.36. The monoisotopic (exact) mass is 327 g/mol. The van der Waals surface area contributed by atoms with Gasteiger partial charge < -0.3 is 10.2 Å². The lowest BCUT2D eigenvalue weighted by Crippen LogP contribution is -2.50. The van der Waals surface area contributed by atoms with E-state index in [0.29, 0.717) is 18.5 Å². The first kappa shape index (κ1) is 15.6. The molecule has 0 aromatic carbocycles. The van der Waals surface area contributed by atoms with Gasteiger partial charge in [-0.1, -0.05) is 12.8 Å². The molecule has 1 aromatic rings. The van der Waals surface area contributed by atoms with Crippen LogP contribution in [0.4, 0.5) is 0 Å². The summed E-state index contributed by atoms with van der Waals surface area (Å²) in [6.45, 7) is 0.499. The van der Waals surface area contributed by atoms with Crippen molar-refractivity contribution in [3.63, 3.8) is 0 Å². The molecule has 2 amide bonds. The first-order chi connectivity index (χ1) is 11.7. The molecule has 4 rings (SSSR count). The number of amides is 2. The Kier molecular flexibility index (Phi) is 4.25. The van der Waals surface area contributed by atoms with Gasteiger partial charge in [-0.15, -0.1) is 0 Å². The van der Waals surface area contributed by atoms with Crippen LogP contribution in [0.3, 0.4) is 0 Å². The maximum absolute atomic E-state index is 12.8. The molecule has 3 aliphatic rings. The van der Waals surface area contributed by atoms with E-state index in [0.717, 1.165) is 37.7 Å². The average Bonchev–Trinajstić information content (AvgIpc) is 3.40. The lowest BCUT2D eigenvalue weighted by Gasteiger charge is -2.33. The number of pyridine rings is 1. The lowest BCUT2D eigenvalue weighted by molar-refractivity contribution is -0.142. The summed E-state index contributed by atoms with van der Waals surface area (Å²) in [5.41, 5.74) is 1.04. The van der Waals surface area contributed by atoms with Crippen molar-refractivity contribution in [1.82, 2.24) is 15.2 Å². The smallest absolute Gasteiger partial charge is 0.243 e. The van der Waals surface area contributed by atoms with Crippen LogP contribution in [0.2, 0.25) is 0 Å². The molecular weight excluding hydrogens is 302 g/mol. The molecule has 5 nitrogen and oxygen atoms in total. The Labute approximate surface area is 142 Å². The number of rotatable bonds is 4. The van der Waals surface area contributed by atoms with Crippen molar-refractivity contribution in [1.29, 1.82) is 0 Å². The zero-order valence-corrected chi connectivity index (χ0v) is 14.0. The molecule has 3 atom stereocenters. The van der Waals surface area contributed by atoms with Crippen LogP contribution in [0.1, 0.15) is 50.5 Å². The molecule has 2 saturated carbocycles. The molecule has 0 bridgehead atoms. The molecule has 0 spiro atoms. The van der Waals surface area contributed by atoms with Crippen LogP contribution in [0.25, 0.3) is 0 Å². The van der Waals surface area contributed by atoms with E-state index in [-0.39, 0.29) is 23.8 Å². The first-order valence-electron chi connectivity index (χ1n) is 9.23. The van der Waals surface area contributed by atoms with E-state index < -0.39 is 0 Å². The molecule has 24 heavy (non-hydrogen) atoms. The van der Waals surface area contributed by atoms with Gasteiger partial charge in [0.15, 0.2) is 0 Å². The summed E-state index contributed by atoms with van der Waals surface area (Å²) in [6, 6.07) is 3.83. The minimum atomic E-state index is -0.270. The molecule has 0 unspecified atom stereocenters. The summed E-state index contributed by atoms with van der Waals surface area (Å²) in [5.74, 6) is 0.933. The third-order valence-electron chi connectivity index (χ3n) is 5.79. The predicted octanol–water partition coefficient (Wildman–Crippen LogP) is 2.27. The topological polar surface area (TPSA) is 62.3 Å². The number of nitrogens with one attached hydrogen (secondary N) is 1. The predicted molar refractivity (Wildman–Crippen MR) is 89.8 cm³/mol. The Morgan fingerprint density at radius 2 is 1.88 bits per heavy atom. The molecule has 2 aliphatic carbocycles. The highest BCUT2D eigenvalue weighted by Crippen LogP contribution is 2.43. The van der Waals surface area contributed by atoms with Gasteiger partial charge in [0.2, 0.25) is 11.8 Å². The highest BCUT2D eigenvalue weighted by Gasteiger charge is 2.50. The van der Waals surface area contributed by atoms with E-state index in [9.17, 15) is 9.59 Å². The largest absolute Gasteiger partial charge is 0.350 e. The molecular formula is C19H25N3O2. The quantitative estimate of drug-likeness (QED) is 0.923. The standard InChI is InChI=1S/C19H25N3O2/c23-18(21-12-13-7-9-20-10-8-13)17-11-15-3-1-2-4-16(15)22(17)19(24)14-5-6-14/h7-10,14-17H,1-6,11-12H2,(H,21,23)/t15-,16-,17+/m1/s1. The Morgan fingerprint density at radius 1 is 1.12 bits per heavy atom. The van der Waals surface area contributed by atoms with Crippen LogP contribution < -0.4 is 5.32 Å². The summed E-state index contributed by atoms with van der Waals surface area (Å²) in [5, 5.41) is 3.03. The zero-order chi connectivity index (χ0) is 16.5. The normalized spacial score (nSPS) is 29.2. The van der Waals surface area contributed by atoms with Gasteiger partial charge >= 0.3 is 0 Å². The van der Waals surface area contributed by atoms with Gasteiger partial charge in [0.05, 0.1) is 0 Å². The molecule has 1 saturated heterocycles. The Bertz CT molecular complexity index is 614. The van der Waals surface area contributed by atoms with E-state index >= 15 is 0 Å². The van der Waals surface area contributed by atoms with Crippen molar-refractivity contribution < 1.29 is 9.59 Å². The second-order valence-corrected chi connectivity index (χ2v) is 7.46. The third-order valence-corrected chi connectivity index (χ3v) is 5.79. The Balaban J connectivity index is 1.46. The van der Waals surface area contributed by atoms with Gasteiger partial charge in [-0.25, -0.2) is 0 Å². The van der Waals surface area contributed by atoms with Crippen molar-refractivity contribution >= 4 is 11.8 Å². The van der Waals surface area contributed by atoms with Gasteiger partial charge in [-0.05, 0) is 55.7 Å². The number of carbonyl (C=O) groups excluding carboxylic acids is 2. The van der Waals surface area contributed by atoms with E-state index in [1.165, 1.54) is 12.8 Å². The maximum atomic E-state index is 12.8. The van der Waals surface area contributed by atoms with Crippen molar-refractivity contribution in [3.05, 3.63) is 30.1 Å². The Hall–Kier alpha value is -1.91. The fourth-order valence-corrected chi connectivity index (χ4v) is 4.36. The third kappa shape index (κ3) is 3.04. The summed E-state index contributed by atoms with van der Waals surface area (Å²) in [7, 11) is 0. The molecule has 0 radical (unpaired) electrons. The van der Waals surface area contributed by atoms with Crippen LogP contribution in [-0.4, -0.2) is 33.8 Å².